The number of ether oxygens (including phenoxy) is 1. The van der Waals surface area contributed by atoms with Gasteiger partial charge in [0.05, 0.1) is 0 Å². The fourth-order valence-electron chi connectivity index (χ4n) is 1.08. The van der Waals surface area contributed by atoms with Gasteiger partial charge in [0, 0.05) is 19.2 Å². The lowest BCUT2D eigenvalue weighted by Crippen LogP contribution is -2.02. The molecule has 0 heterocycles. The normalized spacial score (nSPS) is 9.57. The van der Waals surface area contributed by atoms with Crippen LogP contribution in [0.1, 0.15) is 20.3 Å². The molecule has 0 aliphatic heterocycles. The summed E-state index contributed by atoms with van der Waals surface area (Å²) in [5.41, 5.74) is 1.04. The minimum atomic E-state index is -0.292. The fraction of sp³-hybridized carbons (Fsp3) is 0.364. The van der Waals surface area contributed by atoms with Gasteiger partial charge < -0.3 is 10.1 Å². The molecule has 0 bridgehead atoms. The molecule has 1 aromatic carbocycles. The molecule has 0 amide bonds. The summed E-state index contributed by atoms with van der Waals surface area (Å²) in [7, 11) is 0. The van der Waals surface area contributed by atoms with E-state index in [1.807, 2.05) is 12.1 Å². The summed E-state index contributed by atoms with van der Waals surface area (Å²) in [6, 6.07) is 7.35. The van der Waals surface area contributed by atoms with Crippen LogP contribution in [-0.4, -0.2) is 12.5 Å². The molecule has 0 aromatic heterocycles. The first-order chi connectivity index (χ1) is 6.72. The lowest BCUT2D eigenvalue weighted by Gasteiger charge is -2.05. The molecule has 76 valence electrons. The zero-order chi connectivity index (χ0) is 10.4. The van der Waals surface area contributed by atoms with Crippen LogP contribution in [0.25, 0.3) is 0 Å². The smallest absolute Gasteiger partial charge is 0.308 e. The number of hydrogen-bond donors (Lipinski definition) is 1. The Labute approximate surface area is 84.1 Å². The number of carbonyl (C=O) groups excluding carboxylic acids is 1. The van der Waals surface area contributed by atoms with E-state index in [1.54, 1.807) is 12.1 Å². The molecule has 3 nitrogen and oxygen atoms in total. The average Bonchev–Trinajstić information content (AvgIpc) is 2.16. The van der Waals surface area contributed by atoms with Crippen molar-refractivity contribution in [2.24, 2.45) is 0 Å². The Balaban J connectivity index is 2.54. The standard InChI is InChI=1S/C11H15NO2/c1-3-8-12-10-4-6-11(7-5-10)14-9(2)13/h4-7,12H,3,8H2,1-2H3. The highest BCUT2D eigenvalue weighted by Gasteiger charge is 1.97. The second kappa shape index (κ2) is 5.27. The van der Waals surface area contributed by atoms with Crippen LogP contribution in [0.2, 0.25) is 0 Å². The van der Waals surface area contributed by atoms with Gasteiger partial charge in [-0.25, -0.2) is 0 Å². The van der Waals surface area contributed by atoms with Crippen LogP contribution in [0.5, 0.6) is 5.75 Å². The molecule has 14 heavy (non-hydrogen) atoms. The summed E-state index contributed by atoms with van der Waals surface area (Å²) >= 11 is 0. The summed E-state index contributed by atoms with van der Waals surface area (Å²) in [6.07, 6.45) is 1.09. The molecule has 1 rings (SSSR count). The minimum Gasteiger partial charge on any atom is -0.427 e. The molecule has 0 saturated heterocycles. The van der Waals surface area contributed by atoms with Crippen molar-refractivity contribution in [3.05, 3.63) is 24.3 Å². The molecule has 0 radical (unpaired) electrons. The Morgan fingerprint density at radius 2 is 2.00 bits per heavy atom. The third kappa shape index (κ3) is 3.47. The van der Waals surface area contributed by atoms with Crippen LogP contribution < -0.4 is 10.1 Å². The summed E-state index contributed by atoms with van der Waals surface area (Å²) in [6.45, 7) is 4.45. The van der Waals surface area contributed by atoms with Crippen LogP contribution in [0.15, 0.2) is 24.3 Å². The molecule has 3 heteroatoms. The molecular weight excluding hydrogens is 178 g/mol. The maximum Gasteiger partial charge on any atom is 0.308 e. The lowest BCUT2D eigenvalue weighted by molar-refractivity contribution is -0.131. The number of hydrogen-bond acceptors (Lipinski definition) is 3. The predicted molar refractivity (Wildman–Crippen MR) is 56.5 cm³/mol. The van der Waals surface area contributed by atoms with E-state index in [0.717, 1.165) is 18.7 Å². The van der Waals surface area contributed by atoms with Gasteiger partial charge in [0.15, 0.2) is 0 Å². The van der Waals surface area contributed by atoms with Crippen molar-refractivity contribution in [2.45, 2.75) is 20.3 Å². The molecule has 0 spiro atoms. The largest absolute Gasteiger partial charge is 0.427 e. The number of esters is 1. The van der Waals surface area contributed by atoms with Gasteiger partial charge in [-0.15, -0.1) is 0 Å². The zero-order valence-electron chi connectivity index (χ0n) is 8.54. The highest BCUT2D eigenvalue weighted by Crippen LogP contribution is 2.15. The topological polar surface area (TPSA) is 38.3 Å². The van der Waals surface area contributed by atoms with Gasteiger partial charge in [0.2, 0.25) is 0 Å². The molecule has 0 aliphatic rings. The summed E-state index contributed by atoms with van der Waals surface area (Å²) < 4.78 is 4.91. The molecular formula is C11H15NO2. The van der Waals surface area contributed by atoms with E-state index in [9.17, 15) is 4.79 Å². The van der Waals surface area contributed by atoms with E-state index >= 15 is 0 Å². The third-order valence-corrected chi connectivity index (χ3v) is 1.70. The first-order valence-electron chi connectivity index (χ1n) is 4.74. The molecule has 0 saturated carbocycles. The Bertz CT molecular complexity index is 293. The average molecular weight is 193 g/mol. The number of anilines is 1. The van der Waals surface area contributed by atoms with Crippen LogP contribution in [0.3, 0.4) is 0 Å². The van der Waals surface area contributed by atoms with Crippen LogP contribution in [0, 0.1) is 0 Å². The summed E-state index contributed by atoms with van der Waals surface area (Å²) in [5, 5.41) is 3.23. The highest BCUT2D eigenvalue weighted by atomic mass is 16.5. The van der Waals surface area contributed by atoms with Crippen LogP contribution in [-0.2, 0) is 4.79 Å². The number of rotatable bonds is 4. The van der Waals surface area contributed by atoms with E-state index in [2.05, 4.69) is 12.2 Å². The SMILES string of the molecule is CCCNc1ccc(OC(C)=O)cc1. The monoisotopic (exact) mass is 193 g/mol. The lowest BCUT2D eigenvalue weighted by atomic mass is 10.3. The van der Waals surface area contributed by atoms with E-state index in [0.29, 0.717) is 5.75 Å². The first-order valence-corrected chi connectivity index (χ1v) is 4.74. The van der Waals surface area contributed by atoms with Gasteiger partial charge in [-0.2, -0.15) is 0 Å². The molecule has 0 aliphatic carbocycles. The van der Waals surface area contributed by atoms with Gasteiger partial charge in [-0.3, -0.25) is 4.79 Å². The molecule has 0 atom stereocenters. The van der Waals surface area contributed by atoms with E-state index in [-0.39, 0.29) is 5.97 Å². The fourth-order valence-corrected chi connectivity index (χ4v) is 1.08. The van der Waals surface area contributed by atoms with Crippen molar-refractivity contribution < 1.29 is 9.53 Å². The molecule has 0 fully saturated rings. The van der Waals surface area contributed by atoms with Gasteiger partial charge >= 0.3 is 5.97 Å². The molecule has 1 N–H and O–H groups in total. The Morgan fingerprint density at radius 3 is 2.50 bits per heavy atom. The number of carbonyl (C=O) groups is 1. The zero-order valence-corrected chi connectivity index (χ0v) is 8.54. The second-order valence-corrected chi connectivity index (χ2v) is 3.04. The minimum absolute atomic E-state index is 0.292. The van der Waals surface area contributed by atoms with Crippen molar-refractivity contribution in [1.29, 1.82) is 0 Å². The van der Waals surface area contributed by atoms with Crippen molar-refractivity contribution in [3.8, 4) is 5.75 Å². The van der Waals surface area contributed by atoms with Crippen molar-refractivity contribution in [3.63, 3.8) is 0 Å². The number of nitrogens with one attached hydrogen (secondary N) is 1. The molecule has 0 unspecified atom stereocenters. The van der Waals surface area contributed by atoms with E-state index in [4.69, 9.17) is 4.74 Å². The van der Waals surface area contributed by atoms with Gasteiger partial charge in [-0.1, -0.05) is 6.92 Å². The van der Waals surface area contributed by atoms with E-state index in [1.165, 1.54) is 6.92 Å². The first kappa shape index (κ1) is 10.6. The molecule has 1 aromatic rings. The maximum atomic E-state index is 10.6. The highest BCUT2D eigenvalue weighted by molar-refractivity contribution is 5.69. The van der Waals surface area contributed by atoms with Crippen LogP contribution in [0.4, 0.5) is 5.69 Å². The number of benzene rings is 1. The Kier molecular flexibility index (Phi) is 3.98. The van der Waals surface area contributed by atoms with Crippen molar-refractivity contribution in [1.82, 2.24) is 0 Å². The van der Waals surface area contributed by atoms with Crippen LogP contribution >= 0.6 is 0 Å². The second-order valence-electron chi connectivity index (χ2n) is 3.04. The van der Waals surface area contributed by atoms with Gasteiger partial charge in [0.1, 0.15) is 5.75 Å². The Hall–Kier alpha value is -1.51. The van der Waals surface area contributed by atoms with Gasteiger partial charge in [0.25, 0.3) is 0 Å². The van der Waals surface area contributed by atoms with Gasteiger partial charge in [-0.05, 0) is 30.7 Å². The quantitative estimate of drug-likeness (QED) is 0.589. The summed E-state index contributed by atoms with van der Waals surface area (Å²) in [4.78, 5) is 10.6. The Morgan fingerprint density at radius 1 is 1.36 bits per heavy atom. The van der Waals surface area contributed by atoms with Crippen molar-refractivity contribution >= 4 is 11.7 Å². The van der Waals surface area contributed by atoms with Crippen molar-refractivity contribution in [2.75, 3.05) is 11.9 Å². The maximum absolute atomic E-state index is 10.6. The van der Waals surface area contributed by atoms with E-state index < -0.39 is 0 Å². The third-order valence-electron chi connectivity index (χ3n) is 1.70. The summed E-state index contributed by atoms with van der Waals surface area (Å²) in [5.74, 6) is 0.291. The predicted octanol–water partition coefficient (Wildman–Crippen LogP) is 2.43.